The second-order valence-electron chi connectivity index (χ2n) is 3.90. The van der Waals surface area contributed by atoms with Gasteiger partial charge in [0.2, 0.25) is 0 Å². The lowest BCUT2D eigenvalue weighted by molar-refractivity contribution is 0.256. The molecule has 1 rings (SSSR count). The van der Waals surface area contributed by atoms with Crippen LogP contribution in [0, 0.1) is 0 Å². The second-order valence-corrected chi connectivity index (χ2v) is 6.85. The van der Waals surface area contributed by atoms with Crippen molar-refractivity contribution in [2.75, 3.05) is 0 Å². The van der Waals surface area contributed by atoms with Crippen LogP contribution in [-0.4, -0.2) is 9.96 Å². The smallest absolute Gasteiger partial charge is 0.0701 e. The van der Waals surface area contributed by atoms with E-state index in [0.717, 1.165) is 10.3 Å². The molecule has 0 fully saturated rings. The fraction of sp³-hybridized carbons (Fsp3) is 0.556. The van der Waals surface area contributed by atoms with Crippen LogP contribution in [0.2, 0.25) is 0 Å². The fourth-order valence-electron chi connectivity index (χ4n) is 0.811. The minimum absolute atomic E-state index is 0.0119. The molecule has 0 spiro atoms. The minimum Gasteiger partial charge on any atom is -0.210 e. The maximum absolute atomic E-state index is 6.13. The van der Waals surface area contributed by atoms with Crippen LogP contribution in [0.4, 0.5) is 0 Å². The van der Waals surface area contributed by atoms with Crippen LogP contribution in [0.5, 0.6) is 0 Å². The predicted octanol–water partition coefficient (Wildman–Crippen LogP) is 4.26. The van der Waals surface area contributed by atoms with Crippen LogP contribution >= 0.6 is 39.0 Å². The van der Waals surface area contributed by atoms with Crippen LogP contribution in [0.15, 0.2) is 15.9 Å². The normalized spacial score (nSPS) is 12.5. The van der Waals surface area contributed by atoms with E-state index in [1.54, 1.807) is 11.3 Å². The monoisotopic (exact) mass is 281 g/mol. The Balaban J connectivity index is 2.60. The number of halogens is 2. The number of hydrogen-bond acceptors (Lipinski definition) is 2. The van der Waals surface area contributed by atoms with Gasteiger partial charge in [0.25, 0.3) is 0 Å². The maximum atomic E-state index is 6.13. The van der Waals surface area contributed by atoms with Gasteiger partial charge in [0, 0.05) is 17.0 Å². The average molecular weight is 283 g/mol. The molecule has 4 heteroatoms. The molecule has 1 heterocycles. The molecule has 0 N–H and O–H groups in total. The van der Waals surface area contributed by atoms with Crippen molar-refractivity contribution < 1.29 is 0 Å². The van der Waals surface area contributed by atoms with Crippen molar-refractivity contribution >= 4 is 39.0 Å². The summed E-state index contributed by atoms with van der Waals surface area (Å²) < 4.78 is 2.98. The standard InChI is InChI=1S/C9H13BrClNS/c1-9(2,3)12(11)6-7-4-5-8(10)13-7/h4-5H,6H2,1-3H3. The third-order valence-electron chi connectivity index (χ3n) is 1.65. The molecular weight excluding hydrogens is 270 g/mol. The van der Waals surface area contributed by atoms with E-state index >= 15 is 0 Å². The Kier molecular flexibility index (Phi) is 3.81. The Morgan fingerprint density at radius 1 is 1.46 bits per heavy atom. The zero-order valence-electron chi connectivity index (χ0n) is 7.97. The molecule has 0 saturated carbocycles. The van der Waals surface area contributed by atoms with Crippen LogP contribution in [-0.2, 0) is 6.54 Å². The van der Waals surface area contributed by atoms with E-state index in [0.29, 0.717) is 0 Å². The molecule has 1 aromatic heterocycles. The summed E-state index contributed by atoms with van der Waals surface area (Å²) in [6, 6.07) is 4.14. The summed E-state index contributed by atoms with van der Waals surface area (Å²) in [5.41, 5.74) is 0.0119. The van der Waals surface area contributed by atoms with Crippen LogP contribution in [0.1, 0.15) is 25.6 Å². The lowest BCUT2D eigenvalue weighted by Gasteiger charge is -2.28. The summed E-state index contributed by atoms with van der Waals surface area (Å²) in [4.78, 5) is 1.27. The zero-order chi connectivity index (χ0) is 10.1. The minimum atomic E-state index is 0.0119. The molecule has 0 unspecified atom stereocenters. The molecule has 0 atom stereocenters. The van der Waals surface area contributed by atoms with Gasteiger partial charge >= 0.3 is 0 Å². The molecule has 0 aliphatic carbocycles. The molecule has 1 nitrogen and oxygen atoms in total. The highest BCUT2D eigenvalue weighted by atomic mass is 79.9. The van der Waals surface area contributed by atoms with Gasteiger partial charge in [0.1, 0.15) is 0 Å². The quantitative estimate of drug-likeness (QED) is 0.733. The van der Waals surface area contributed by atoms with Crippen LogP contribution in [0.25, 0.3) is 0 Å². The van der Waals surface area contributed by atoms with Gasteiger partial charge in [-0.2, -0.15) is 0 Å². The first-order chi connectivity index (χ1) is 5.89. The average Bonchev–Trinajstić information content (AvgIpc) is 2.33. The number of nitrogens with zero attached hydrogens (tertiary/aromatic N) is 1. The van der Waals surface area contributed by atoms with Gasteiger partial charge in [0.05, 0.1) is 3.79 Å². The Labute approximate surface area is 96.9 Å². The molecule has 0 saturated heterocycles. The first-order valence-electron chi connectivity index (χ1n) is 4.07. The van der Waals surface area contributed by atoms with E-state index < -0.39 is 0 Å². The first-order valence-corrected chi connectivity index (χ1v) is 6.02. The largest absolute Gasteiger partial charge is 0.210 e. The van der Waals surface area contributed by atoms with Crippen molar-refractivity contribution in [3.05, 3.63) is 20.8 Å². The van der Waals surface area contributed by atoms with E-state index in [4.69, 9.17) is 11.8 Å². The first kappa shape index (κ1) is 11.5. The van der Waals surface area contributed by atoms with Crippen LogP contribution < -0.4 is 0 Å². The lowest BCUT2D eigenvalue weighted by atomic mass is 10.1. The van der Waals surface area contributed by atoms with Crippen molar-refractivity contribution in [1.82, 2.24) is 4.42 Å². The van der Waals surface area contributed by atoms with Gasteiger partial charge in [-0.3, -0.25) is 0 Å². The SMILES string of the molecule is CC(C)(C)N(Cl)Cc1ccc(Br)s1. The summed E-state index contributed by atoms with van der Waals surface area (Å²) in [7, 11) is 0. The van der Waals surface area contributed by atoms with Gasteiger partial charge in [-0.1, -0.05) is 0 Å². The highest BCUT2D eigenvalue weighted by molar-refractivity contribution is 9.11. The van der Waals surface area contributed by atoms with Crippen molar-refractivity contribution in [1.29, 1.82) is 0 Å². The number of hydrogen-bond donors (Lipinski definition) is 0. The van der Waals surface area contributed by atoms with Crippen molar-refractivity contribution in [2.45, 2.75) is 32.9 Å². The van der Waals surface area contributed by atoms with E-state index in [2.05, 4.69) is 42.8 Å². The Hall–Kier alpha value is 0.430. The second kappa shape index (κ2) is 4.30. The Bertz CT molecular complexity index is 279. The number of rotatable bonds is 2. The summed E-state index contributed by atoms with van der Waals surface area (Å²) in [5, 5.41) is 0. The highest BCUT2D eigenvalue weighted by Crippen LogP contribution is 2.26. The van der Waals surface area contributed by atoms with E-state index in [-0.39, 0.29) is 5.54 Å². The molecule has 0 aromatic carbocycles. The molecule has 0 bridgehead atoms. The Morgan fingerprint density at radius 3 is 2.46 bits per heavy atom. The highest BCUT2D eigenvalue weighted by Gasteiger charge is 2.19. The summed E-state index contributed by atoms with van der Waals surface area (Å²) in [6.45, 7) is 7.09. The fourth-order valence-corrected chi connectivity index (χ4v) is 2.48. The summed E-state index contributed by atoms with van der Waals surface area (Å²) in [6.07, 6.45) is 0. The number of thiophene rings is 1. The van der Waals surface area contributed by atoms with Crippen molar-refractivity contribution in [2.24, 2.45) is 0 Å². The Morgan fingerprint density at radius 2 is 2.08 bits per heavy atom. The lowest BCUT2D eigenvalue weighted by Crippen LogP contribution is -2.32. The van der Waals surface area contributed by atoms with Crippen LogP contribution in [0.3, 0.4) is 0 Å². The van der Waals surface area contributed by atoms with Crippen molar-refractivity contribution in [3.8, 4) is 0 Å². The van der Waals surface area contributed by atoms with E-state index in [1.165, 1.54) is 4.88 Å². The summed E-state index contributed by atoms with van der Waals surface area (Å²) >= 11 is 11.3. The summed E-state index contributed by atoms with van der Waals surface area (Å²) in [5.74, 6) is 0. The molecule has 74 valence electrons. The van der Waals surface area contributed by atoms with E-state index in [9.17, 15) is 0 Å². The third kappa shape index (κ3) is 3.58. The van der Waals surface area contributed by atoms with Gasteiger partial charge in [-0.25, -0.2) is 4.42 Å². The molecular formula is C9H13BrClNS. The molecule has 0 aliphatic heterocycles. The molecule has 0 amide bonds. The predicted molar refractivity (Wildman–Crippen MR) is 63.2 cm³/mol. The molecule has 0 radical (unpaired) electrons. The molecule has 1 aromatic rings. The van der Waals surface area contributed by atoms with E-state index in [1.807, 2.05) is 10.5 Å². The van der Waals surface area contributed by atoms with Gasteiger partial charge in [-0.05, 0) is 60.6 Å². The van der Waals surface area contributed by atoms with Gasteiger partial charge in [0.15, 0.2) is 0 Å². The topological polar surface area (TPSA) is 3.24 Å². The van der Waals surface area contributed by atoms with Gasteiger partial charge < -0.3 is 0 Å². The molecule has 13 heavy (non-hydrogen) atoms. The zero-order valence-corrected chi connectivity index (χ0v) is 11.1. The van der Waals surface area contributed by atoms with Gasteiger partial charge in [-0.15, -0.1) is 11.3 Å². The maximum Gasteiger partial charge on any atom is 0.0701 e. The molecule has 0 aliphatic rings. The third-order valence-corrected chi connectivity index (χ3v) is 3.89. The van der Waals surface area contributed by atoms with Crippen molar-refractivity contribution in [3.63, 3.8) is 0 Å².